The van der Waals surface area contributed by atoms with Gasteiger partial charge >= 0.3 is 12.1 Å². The summed E-state index contributed by atoms with van der Waals surface area (Å²) in [4.78, 5) is 26.8. The molecule has 1 atom stereocenters. The number of nitrogens with zero attached hydrogens (tertiary/aromatic N) is 1. The van der Waals surface area contributed by atoms with Crippen LogP contribution in [0.2, 0.25) is 0 Å². The Morgan fingerprint density at radius 3 is 1.95 bits per heavy atom. The Morgan fingerprint density at radius 2 is 1.33 bits per heavy atom. The lowest BCUT2D eigenvalue weighted by atomic mass is 10.1. The number of aliphatic hydroxyl groups is 1. The first kappa shape index (κ1) is 38.0. The third-order valence-electron chi connectivity index (χ3n) is 6.67. The molecule has 0 aromatic rings. The molecule has 0 saturated heterocycles. The summed E-state index contributed by atoms with van der Waals surface area (Å²) in [5.41, 5.74) is -0.481. The molecule has 0 fully saturated rings. The predicted molar refractivity (Wildman–Crippen MR) is 167 cm³/mol. The lowest BCUT2D eigenvalue weighted by Gasteiger charge is -2.27. The number of aliphatic hydroxyl groups excluding tert-OH is 1. The second kappa shape index (κ2) is 26.0. The van der Waals surface area contributed by atoms with Crippen molar-refractivity contribution in [3.05, 3.63) is 0 Å². The van der Waals surface area contributed by atoms with Crippen LogP contribution in [0.1, 0.15) is 150 Å². The van der Waals surface area contributed by atoms with Crippen LogP contribution in [0.25, 0.3) is 0 Å². The van der Waals surface area contributed by atoms with Crippen LogP contribution >= 0.6 is 11.8 Å². The summed E-state index contributed by atoms with van der Waals surface area (Å²) in [6.45, 7) is 11.9. The minimum atomic E-state index is -0.481. The highest BCUT2D eigenvalue weighted by Crippen LogP contribution is 2.18. The Labute approximate surface area is 245 Å². The molecular formula is C32H63NO5S. The third kappa shape index (κ3) is 25.7. The van der Waals surface area contributed by atoms with Crippen molar-refractivity contribution in [2.75, 3.05) is 31.2 Å². The van der Waals surface area contributed by atoms with Gasteiger partial charge in [-0.05, 0) is 71.5 Å². The quantitative estimate of drug-likeness (QED) is 0.0822. The van der Waals surface area contributed by atoms with Crippen LogP contribution in [-0.2, 0) is 14.3 Å². The van der Waals surface area contributed by atoms with Crippen LogP contribution in [0, 0.1) is 0 Å². The zero-order valence-electron chi connectivity index (χ0n) is 26.3. The molecule has 0 rings (SSSR count). The van der Waals surface area contributed by atoms with Gasteiger partial charge < -0.3 is 19.5 Å². The van der Waals surface area contributed by atoms with Crippen molar-refractivity contribution in [3.63, 3.8) is 0 Å². The van der Waals surface area contributed by atoms with Crippen LogP contribution in [0.15, 0.2) is 0 Å². The van der Waals surface area contributed by atoms with E-state index in [1.807, 2.05) is 37.4 Å². The van der Waals surface area contributed by atoms with Gasteiger partial charge in [0.1, 0.15) is 11.7 Å². The summed E-state index contributed by atoms with van der Waals surface area (Å²) in [6, 6.07) is 0. The fraction of sp³-hybridized carbons (Fsp3) is 0.938. The van der Waals surface area contributed by atoms with Crippen LogP contribution < -0.4 is 0 Å². The van der Waals surface area contributed by atoms with E-state index in [1.165, 1.54) is 19.3 Å². The van der Waals surface area contributed by atoms with Gasteiger partial charge in [0.05, 0.1) is 0 Å². The van der Waals surface area contributed by atoms with Crippen LogP contribution in [0.5, 0.6) is 0 Å². The van der Waals surface area contributed by atoms with E-state index in [1.54, 1.807) is 0 Å². The van der Waals surface area contributed by atoms with E-state index in [0.717, 1.165) is 114 Å². The maximum atomic E-state index is 12.7. The van der Waals surface area contributed by atoms with E-state index in [9.17, 15) is 9.59 Å². The summed E-state index contributed by atoms with van der Waals surface area (Å²) < 4.78 is 11.5. The molecule has 0 radical (unpaired) electrons. The number of thioether (sulfide) groups is 1. The zero-order valence-corrected chi connectivity index (χ0v) is 27.1. The van der Waals surface area contributed by atoms with Crippen molar-refractivity contribution in [3.8, 4) is 0 Å². The summed E-state index contributed by atoms with van der Waals surface area (Å²) in [7, 11) is 0. The SMILES string of the molecule is CCCCCCC(CSCCCCCCN(CCCCCCCO)C(=O)OC(C)(C)C)OC(=O)CCCCC. The molecule has 0 heterocycles. The molecule has 6 nitrogen and oxygen atoms in total. The largest absolute Gasteiger partial charge is 0.461 e. The molecule has 0 saturated carbocycles. The Hall–Kier alpha value is -0.950. The highest BCUT2D eigenvalue weighted by atomic mass is 32.2. The second-order valence-corrected chi connectivity index (χ2v) is 13.0. The second-order valence-electron chi connectivity index (χ2n) is 11.9. The molecule has 0 spiro atoms. The minimum Gasteiger partial charge on any atom is -0.461 e. The first-order chi connectivity index (χ1) is 18.7. The molecule has 1 amide bonds. The molecule has 1 unspecified atom stereocenters. The molecule has 0 aliphatic carbocycles. The number of carbonyl (C=O) groups excluding carboxylic acids is 2. The molecule has 0 aromatic heterocycles. The zero-order chi connectivity index (χ0) is 29.2. The highest BCUT2D eigenvalue weighted by Gasteiger charge is 2.21. The first-order valence-corrected chi connectivity index (χ1v) is 17.2. The van der Waals surface area contributed by atoms with E-state index < -0.39 is 5.60 Å². The van der Waals surface area contributed by atoms with Crippen LogP contribution in [-0.4, -0.2) is 65.0 Å². The Balaban J connectivity index is 4.30. The average molecular weight is 574 g/mol. The van der Waals surface area contributed by atoms with Gasteiger partial charge in [-0.15, -0.1) is 0 Å². The molecule has 0 aromatic carbocycles. The third-order valence-corrected chi connectivity index (χ3v) is 7.86. The van der Waals surface area contributed by atoms with Crippen molar-refractivity contribution in [1.29, 1.82) is 0 Å². The van der Waals surface area contributed by atoms with Gasteiger partial charge in [-0.3, -0.25) is 4.79 Å². The van der Waals surface area contributed by atoms with Gasteiger partial charge in [0, 0.05) is 31.9 Å². The lowest BCUT2D eigenvalue weighted by Crippen LogP contribution is -2.38. The molecule has 0 aliphatic heterocycles. The van der Waals surface area contributed by atoms with Crippen molar-refractivity contribution >= 4 is 23.8 Å². The molecule has 0 aliphatic rings. The van der Waals surface area contributed by atoms with Gasteiger partial charge in [0.2, 0.25) is 0 Å². The summed E-state index contributed by atoms with van der Waals surface area (Å²) in [5.74, 6) is 1.96. The Kier molecular flexibility index (Phi) is 25.3. The fourth-order valence-electron chi connectivity index (χ4n) is 4.38. The van der Waals surface area contributed by atoms with E-state index in [2.05, 4.69) is 13.8 Å². The summed E-state index contributed by atoms with van der Waals surface area (Å²) in [6.07, 6.45) is 18.8. The minimum absolute atomic E-state index is 0.0238. The smallest absolute Gasteiger partial charge is 0.410 e. The number of hydrogen-bond acceptors (Lipinski definition) is 6. The number of carbonyl (C=O) groups is 2. The fourth-order valence-corrected chi connectivity index (χ4v) is 5.45. The lowest BCUT2D eigenvalue weighted by molar-refractivity contribution is -0.148. The normalized spacial score (nSPS) is 12.4. The number of ether oxygens (including phenoxy) is 2. The van der Waals surface area contributed by atoms with Gasteiger partial charge in [-0.1, -0.05) is 78.1 Å². The molecule has 1 N–H and O–H groups in total. The molecular weight excluding hydrogens is 510 g/mol. The van der Waals surface area contributed by atoms with Crippen molar-refractivity contribution in [2.24, 2.45) is 0 Å². The van der Waals surface area contributed by atoms with Gasteiger partial charge in [-0.25, -0.2) is 4.79 Å². The number of unbranched alkanes of at least 4 members (excludes halogenated alkanes) is 12. The van der Waals surface area contributed by atoms with Gasteiger partial charge in [0.25, 0.3) is 0 Å². The number of amides is 1. The monoisotopic (exact) mass is 573 g/mol. The van der Waals surface area contributed by atoms with Crippen molar-refractivity contribution < 1.29 is 24.2 Å². The Bertz CT molecular complexity index is 581. The highest BCUT2D eigenvalue weighted by molar-refractivity contribution is 7.99. The molecule has 232 valence electrons. The Morgan fingerprint density at radius 1 is 0.769 bits per heavy atom. The summed E-state index contributed by atoms with van der Waals surface area (Å²) in [5, 5.41) is 8.93. The van der Waals surface area contributed by atoms with Crippen molar-refractivity contribution in [2.45, 2.75) is 162 Å². The van der Waals surface area contributed by atoms with E-state index >= 15 is 0 Å². The van der Waals surface area contributed by atoms with Crippen LogP contribution in [0.3, 0.4) is 0 Å². The molecule has 0 bridgehead atoms. The molecule has 7 heteroatoms. The maximum absolute atomic E-state index is 12.7. The van der Waals surface area contributed by atoms with E-state index in [4.69, 9.17) is 14.6 Å². The predicted octanol–water partition coefficient (Wildman–Crippen LogP) is 8.92. The average Bonchev–Trinajstić information content (AvgIpc) is 2.87. The van der Waals surface area contributed by atoms with Crippen LogP contribution in [0.4, 0.5) is 4.79 Å². The summed E-state index contributed by atoms with van der Waals surface area (Å²) >= 11 is 1.91. The first-order valence-electron chi connectivity index (χ1n) is 16.1. The van der Waals surface area contributed by atoms with Gasteiger partial charge in [0.15, 0.2) is 0 Å². The molecule has 39 heavy (non-hydrogen) atoms. The van der Waals surface area contributed by atoms with Crippen molar-refractivity contribution in [1.82, 2.24) is 4.90 Å². The standard InChI is InChI=1S/C32H63NO5S/c1-6-8-10-17-22-29(37-30(35)23-16-9-7-2)28-39-27-21-15-13-19-25-33(31(36)38-32(3,4)5)24-18-12-11-14-20-26-34/h29,34H,6-28H2,1-5H3. The van der Waals surface area contributed by atoms with Gasteiger partial charge in [-0.2, -0.15) is 11.8 Å². The maximum Gasteiger partial charge on any atom is 0.410 e. The van der Waals surface area contributed by atoms with E-state index in [-0.39, 0.29) is 24.8 Å². The topological polar surface area (TPSA) is 76.1 Å². The number of esters is 1. The number of rotatable bonds is 26. The number of hydrogen-bond donors (Lipinski definition) is 1. The van der Waals surface area contributed by atoms with E-state index in [0.29, 0.717) is 6.42 Å².